The summed E-state index contributed by atoms with van der Waals surface area (Å²) >= 11 is 0. The molecular weight excluding hydrogens is 327 g/mol. The third kappa shape index (κ3) is 3.96. The molecule has 0 aliphatic heterocycles. The van der Waals surface area contributed by atoms with Crippen LogP contribution in [0.4, 0.5) is 13.2 Å². The van der Waals surface area contributed by atoms with Crippen LogP contribution < -0.4 is 0 Å². The number of alkyl halides is 3. The first kappa shape index (κ1) is 17.2. The molecule has 1 aromatic carbocycles. The Balaban J connectivity index is 2.37. The van der Waals surface area contributed by atoms with E-state index in [2.05, 4.69) is 14.8 Å². The van der Waals surface area contributed by atoms with Gasteiger partial charge in [0.15, 0.2) is 0 Å². The van der Waals surface area contributed by atoms with E-state index in [0.29, 0.717) is 0 Å². The lowest BCUT2D eigenvalue weighted by Gasteiger charge is -2.07. The minimum atomic E-state index is -4.47. The number of carbonyl (C=O) groups excluding carboxylic acids is 1. The van der Waals surface area contributed by atoms with Crippen LogP contribution in [0.25, 0.3) is 27.8 Å². The fraction of sp³-hybridized carbons (Fsp3) is 0.133. The Kier molecular flexibility index (Phi) is 4.96. The van der Waals surface area contributed by atoms with Crippen LogP contribution in [0.1, 0.15) is 11.3 Å². The second-order valence-electron chi connectivity index (χ2n) is 4.49. The molecule has 9 heteroatoms. The summed E-state index contributed by atoms with van der Waals surface area (Å²) in [6.07, 6.45) is -3.34. The Bertz CT molecular complexity index is 834. The number of carbonyl (C=O) groups is 1. The lowest BCUT2D eigenvalue weighted by atomic mass is 10.1. The van der Waals surface area contributed by atoms with Gasteiger partial charge in [-0.1, -0.05) is 17.2 Å². The third-order valence-electron chi connectivity index (χ3n) is 2.93. The highest BCUT2D eigenvalue weighted by atomic mass is 19.4. The number of ether oxygens (including phenoxy) is 1. The maximum Gasteiger partial charge on any atom is 0.416 e. The summed E-state index contributed by atoms with van der Waals surface area (Å²) in [4.78, 5) is 13.9. The zero-order valence-electron chi connectivity index (χ0n) is 12.2. The number of azide groups is 1. The number of methoxy groups -OCH3 is 1. The van der Waals surface area contributed by atoms with Gasteiger partial charge < -0.3 is 9.15 Å². The summed E-state index contributed by atoms with van der Waals surface area (Å²) in [5.74, 6) is -0.586. The van der Waals surface area contributed by atoms with Gasteiger partial charge in [0, 0.05) is 10.5 Å². The summed E-state index contributed by atoms with van der Waals surface area (Å²) < 4.78 is 48.0. The number of benzene rings is 1. The first-order chi connectivity index (χ1) is 11.3. The average Bonchev–Trinajstić information content (AvgIpc) is 3.01. The molecule has 124 valence electrons. The van der Waals surface area contributed by atoms with Crippen molar-refractivity contribution in [2.45, 2.75) is 6.18 Å². The van der Waals surface area contributed by atoms with Crippen molar-refractivity contribution in [1.82, 2.24) is 0 Å². The van der Waals surface area contributed by atoms with Crippen LogP contribution in [0.2, 0.25) is 0 Å². The van der Waals surface area contributed by atoms with Crippen LogP contribution in [0.15, 0.2) is 51.6 Å². The summed E-state index contributed by atoms with van der Waals surface area (Å²) in [6, 6.07) is 7.47. The van der Waals surface area contributed by atoms with E-state index >= 15 is 0 Å². The van der Waals surface area contributed by atoms with Crippen LogP contribution in [0.5, 0.6) is 0 Å². The van der Waals surface area contributed by atoms with E-state index < -0.39 is 17.7 Å². The summed E-state index contributed by atoms with van der Waals surface area (Å²) in [7, 11) is 1.11. The van der Waals surface area contributed by atoms with Crippen LogP contribution >= 0.6 is 0 Å². The minimum absolute atomic E-state index is 0.121. The number of halogens is 3. The van der Waals surface area contributed by atoms with E-state index in [9.17, 15) is 18.0 Å². The summed E-state index contributed by atoms with van der Waals surface area (Å²) in [5, 5.41) is 3.18. The van der Waals surface area contributed by atoms with E-state index in [-0.39, 0.29) is 22.8 Å². The van der Waals surface area contributed by atoms with Gasteiger partial charge in [-0.2, -0.15) is 13.2 Å². The monoisotopic (exact) mass is 337 g/mol. The number of rotatable bonds is 4. The van der Waals surface area contributed by atoms with E-state index in [4.69, 9.17) is 9.95 Å². The first-order valence-electron chi connectivity index (χ1n) is 6.47. The Hall–Kier alpha value is -3.19. The van der Waals surface area contributed by atoms with Gasteiger partial charge in [0.25, 0.3) is 0 Å². The van der Waals surface area contributed by atoms with Gasteiger partial charge in [-0.3, -0.25) is 0 Å². The zero-order chi connectivity index (χ0) is 17.7. The molecule has 2 aromatic rings. The largest absolute Gasteiger partial charge is 0.466 e. The predicted octanol–water partition coefficient (Wildman–Crippen LogP) is 4.79. The molecule has 0 bridgehead atoms. The number of nitrogens with zero attached hydrogens (tertiary/aromatic N) is 3. The molecule has 0 saturated carbocycles. The van der Waals surface area contributed by atoms with Crippen molar-refractivity contribution in [3.8, 4) is 11.3 Å². The van der Waals surface area contributed by atoms with Gasteiger partial charge in [0.1, 0.15) is 17.2 Å². The Morgan fingerprint density at radius 2 is 2.08 bits per heavy atom. The molecular formula is C15H10F3N3O3. The molecule has 2 rings (SSSR count). The standard InChI is InChI=1S/C15H10F3N3O3/c1-23-14(22)12(20-21-19)8-11-5-6-13(24-11)9-3-2-4-10(7-9)15(16,17)18/h2-8H,1H3. The second kappa shape index (κ2) is 6.93. The molecule has 0 aliphatic rings. The SMILES string of the molecule is COC(=O)C(=Cc1ccc(-c2cccc(C(F)(F)F)c2)o1)N=[N+]=[N-]. The number of hydrogen-bond donors (Lipinski definition) is 0. The maximum absolute atomic E-state index is 12.7. The molecule has 0 fully saturated rings. The van der Waals surface area contributed by atoms with E-state index in [1.54, 1.807) is 0 Å². The smallest absolute Gasteiger partial charge is 0.416 e. The summed E-state index contributed by atoms with van der Waals surface area (Å²) in [5.41, 5.74) is 7.49. The molecule has 0 spiro atoms. The van der Waals surface area contributed by atoms with Crippen molar-refractivity contribution >= 4 is 12.0 Å². The first-order valence-corrected chi connectivity index (χ1v) is 6.47. The Morgan fingerprint density at radius 3 is 2.71 bits per heavy atom. The Morgan fingerprint density at radius 1 is 1.33 bits per heavy atom. The minimum Gasteiger partial charge on any atom is -0.466 e. The maximum atomic E-state index is 12.7. The molecule has 24 heavy (non-hydrogen) atoms. The molecule has 1 heterocycles. The van der Waals surface area contributed by atoms with E-state index in [1.165, 1.54) is 24.3 Å². The number of esters is 1. The van der Waals surface area contributed by atoms with Gasteiger partial charge in [-0.05, 0) is 35.9 Å². The van der Waals surface area contributed by atoms with E-state index in [1.807, 2.05) is 0 Å². The van der Waals surface area contributed by atoms with Crippen LogP contribution in [-0.2, 0) is 15.7 Å². The highest BCUT2D eigenvalue weighted by molar-refractivity contribution is 5.92. The average molecular weight is 337 g/mol. The summed E-state index contributed by atoms with van der Waals surface area (Å²) in [6.45, 7) is 0. The quantitative estimate of drug-likeness (QED) is 0.264. The molecule has 1 aromatic heterocycles. The zero-order valence-corrected chi connectivity index (χ0v) is 12.2. The highest BCUT2D eigenvalue weighted by Crippen LogP contribution is 2.32. The van der Waals surface area contributed by atoms with Crippen molar-refractivity contribution in [1.29, 1.82) is 0 Å². The predicted molar refractivity (Wildman–Crippen MR) is 78.3 cm³/mol. The number of hydrogen-bond acceptors (Lipinski definition) is 4. The van der Waals surface area contributed by atoms with Gasteiger partial charge >= 0.3 is 12.1 Å². The van der Waals surface area contributed by atoms with Gasteiger partial charge in [-0.25, -0.2) is 4.79 Å². The van der Waals surface area contributed by atoms with Gasteiger partial charge in [-0.15, -0.1) is 0 Å². The second-order valence-corrected chi connectivity index (χ2v) is 4.49. The lowest BCUT2D eigenvalue weighted by molar-refractivity contribution is -0.137. The molecule has 0 atom stereocenters. The van der Waals surface area contributed by atoms with Gasteiger partial charge in [0.05, 0.1) is 12.7 Å². The molecule has 0 aliphatic carbocycles. The van der Waals surface area contributed by atoms with Crippen molar-refractivity contribution < 1.29 is 27.1 Å². The van der Waals surface area contributed by atoms with Crippen molar-refractivity contribution in [3.63, 3.8) is 0 Å². The van der Waals surface area contributed by atoms with Crippen LogP contribution in [-0.4, -0.2) is 13.1 Å². The Labute approximate surface area is 133 Å². The van der Waals surface area contributed by atoms with Crippen LogP contribution in [0, 0.1) is 0 Å². The van der Waals surface area contributed by atoms with Crippen molar-refractivity contribution in [3.05, 3.63) is 63.9 Å². The fourth-order valence-corrected chi connectivity index (χ4v) is 1.85. The molecule has 0 amide bonds. The molecule has 0 unspecified atom stereocenters. The molecule has 0 saturated heterocycles. The third-order valence-corrected chi connectivity index (χ3v) is 2.93. The molecule has 0 radical (unpaired) electrons. The van der Waals surface area contributed by atoms with Crippen molar-refractivity contribution in [2.24, 2.45) is 5.11 Å². The van der Waals surface area contributed by atoms with Crippen LogP contribution in [0.3, 0.4) is 0 Å². The topological polar surface area (TPSA) is 88.2 Å². The van der Waals surface area contributed by atoms with Gasteiger partial charge in [0.2, 0.25) is 0 Å². The highest BCUT2D eigenvalue weighted by Gasteiger charge is 2.30. The molecule has 0 N–H and O–H groups in total. The number of furan rings is 1. The molecule has 6 nitrogen and oxygen atoms in total. The van der Waals surface area contributed by atoms with E-state index in [0.717, 1.165) is 25.3 Å². The fourth-order valence-electron chi connectivity index (χ4n) is 1.85. The normalized spacial score (nSPS) is 11.8. The lowest BCUT2D eigenvalue weighted by Crippen LogP contribution is -2.04. The van der Waals surface area contributed by atoms with Crippen molar-refractivity contribution in [2.75, 3.05) is 7.11 Å².